The van der Waals surface area contributed by atoms with E-state index in [2.05, 4.69) is 22.6 Å². The molecule has 100 valence electrons. The van der Waals surface area contributed by atoms with E-state index >= 15 is 0 Å². The summed E-state index contributed by atoms with van der Waals surface area (Å²) in [5, 5.41) is 19.5. The molecule has 0 spiro atoms. The van der Waals surface area contributed by atoms with Gasteiger partial charge in [0.15, 0.2) is 5.69 Å². The van der Waals surface area contributed by atoms with Crippen LogP contribution in [-0.4, -0.2) is 39.2 Å². The van der Waals surface area contributed by atoms with Crippen molar-refractivity contribution in [3.05, 3.63) is 11.9 Å². The van der Waals surface area contributed by atoms with Crippen molar-refractivity contribution in [3.63, 3.8) is 0 Å². The molecule has 0 aliphatic heterocycles. The highest BCUT2D eigenvalue weighted by atomic mass is 16.4. The van der Waals surface area contributed by atoms with E-state index in [1.807, 2.05) is 0 Å². The Morgan fingerprint density at radius 1 is 1.61 bits per heavy atom. The van der Waals surface area contributed by atoms with Crippen LogP contribution in [0, 0.1) is 5.41 Å². The van der Waals surface area contributed by atoms with Gasteiger partial charge in [0.25, 0.3) is 0 Å². The number of rotatable bonds is 8. The number of hydrogen-bond acceptors (Lipinski definition) is 4. The minimum absolute atomic E-state index is 0.000328. The Bertz CT molecular complexity index is 412. The first kappa shape index (κ1) is 13.0. The molecule has 0 aromatic carbocycles. The second-order valence-electron chi connectivity index (χ2n) is 5.10. The lowest BCUT2D eigenvalue weighted by Crippen LogP contribution is -2.27. The van der Waals surface area contributed by atoms with Gasteiger partial charge in [-0.25, -0.2) is 4.79 Å². The van der Waals surface area contributed by atoms with Crippen LogP contribution in [0.5, 0.6) is 0 Å². The van der Waals surface area contributed by atoms with Crippen LogP contribution in [0.4, 0.5) is 0 Å². The van der Waals surface area contributed by atoms with Gasteiger partial charge in [0.2, 0.25) is 0 Å². The molecule has 0 amide bonds. The summed E-state index contributed by atoms with van der Waals surface area (Å²) in [5.41, 5.74) is 0.545. The quantitative estimate of drug-likeness (QED) is 0.678. The van der Waals surface area contributed by atoms with Gasteiger partial charge in [-0.2, -0.15) is 0 Å². The number of hydrogen-bond donors (Lipinski definition) is 2. The Balaban J connectivity index is 1.67. The lowest BCUT2D eigenvalue weighted by atomic mass is 10.0. The third-order valence-corrected chi connectivity index (χ3v) is 3.51. The Kier molecular flexibility index (Phi) is 3.96. The first-order chi connectivity index (χ1) is 8.65. The zero-order valence-corrected chi connectivity index (χ0v) is 10.7. The predicted molar refractivity (Wildman–Crippen MR) is 66.4 cm³/mol. The first-order valence-corrected chi connectivity index (χ1v) is 6.49. The topological polar surface area (TPSA) is 80.0 Å². The second kappa shape index (κ2) is 5.48. The van der Waals surface area contributed by atoms with Crippen LogP contribution in [0.1, 0.15) is 43.1 Å². The lowest BCUT2D eigenvalue weighted by Gasteiger charge is -2.14. The van der Waals surface area contributed by atoms with Gasteiger partial charge in [-0.3, -0.25) is 4.68 Å². The molecule has 1 aromatic heterocycles. The van der Waals surface area contributed by atoms with Gasteiger partial charge in [0.05, 0.1) is 12.7 Å². The summed E-state index contributed by atoms with van der Waals surface area (Å²) in [6.07, 6.45) is 6.67. The third kappa shape index (κ3) is 3.29. The van der Waals surface area contributed by atoms with E-state index in [0.29, 0.717) is 12.0 Å². The summed E-state index contributed by atoms with van der Waals surface area (Å²) in [6, 6.07) is 0. The summed E-state index contributed by atoms with van der Waals surface area (Å²) < 4.78 is 1.57. The molecule has 18 heavy (non-hydrogen) atoms. The maximum atomic E-state index is 10.6. The van der Waals surface area contributed by atoms with E-state index in [9.17, 15) is 4.79 Å². The van der Waals surface area contributed by atoms with Crippen molar-refractivity contribution in [2.24, 2.45) is 5.41 Å². The summed E-state index contributed by atoms with van der Waals surface area (Å²) in [5.74, 6) is -1.03. The van der Waals surface area contributed by atoms with Gasteiger partial charge in [0, 0.05) is 13.1 Å². The highest BCUT2D eigenvalue weighted by molar-refractivity contribution is 5.84. The van der Waals surface area contributed by atoms with Gasteiger partial charge in [-0.15, -0.1) is 5.10 Å². The van der Waals surface area contributed by atoms with E-state index in [0.717, 1.165) is 13.1 Å². The number of nitrogens with one attached hydrogen (secondary N) is 1. The van der Waals surface area contributed by atoms with E-state index in [4.69, 9.17) is 5.11 Å². The molecule has 1 saturated carbocycles. The number of aromatic nitrogens is 3. The zero-order valence-electron chi connectivity index (χ0n) is 10.7. The minimum atomic E-state index is -1.03. The van der Waals surface area contributed by atoms with Crippen LogP contribution in [-0.2, 0) is 6.54 Å². The molecule has 1 fully saturated rings. The highest BCUT2D eigenvalue weighted by Crippen LogP contribution is 2.48. The fraction of sp³-hybridized carbons (Fsp3) is 0.750. The number of aromatic carboxylic acids is 1. The summed E-state index contributed by atoms with van der Waals surface area (Å²) >= 11 is 0. The number of nitrogens with zero attached hydrogens (tertiary/aromatic N) is 3. The largest absolute Gasteiger partial charge is 0.476 e. The number of carboxylic acid groups (broad SMARTS) is 1. The average Bonchev–Trinajstić information content (AvgIpc) is 2.92. The molecule has 2 N–H and O–H groups in total. The highest BCUT2D eigenvalue weighted by Gasteiger charge is 2.40. The van der Waals surface area contributed by atoms with Crippen LogP contribution in [0.15, 0.2) is 6.20 Å². The van der Waals surface area contributed by atoms with Crippen molar-refractivity contribution >= 4 is 5.97 Å². The number of carboxylic acids is 1. The molecule has 6 heteroatoms. The van der Waals surface area contributed by atoms with Crippen LogP contribution >= 0.6 is 0 Å². The number of carbonyl (C=O) groups is 1. The molecule has 2 rings (SSSR count). The maximum absolute atomic E-state index is 10.6. The predicted octanol–water partition coefficient (Wildman–Crippen LogP) is 1.15. The summed E-state index contributed by atoms with van der Waals surface area (Å²) in [4.78, 5) is 10.6. The zero-order chi connectivity index (χ0) is 13.0. The van der Waals surface area contributed by atoms with Crippen LogP contribution in [0.3, 0.4) is 0 Å². The Labute approximate surface area is 106 Å². The smallest absolute Gasteiger partial charge is 0.358 e. The van der Waals surface area contributed by atoms with Gasteiger partial charge in [-0.1, -0.05) is 18.6 Å². The summed E-state index contributed by atoms with van der Waals surface area (Å²) in [6.45, 7) is 4.74. The monoisotopic (exact) mass is 252 g/mol. The molecule has 0 bridgehead atoms. The lowest BCUT2D eigenvalue weighted by molar-refractivity contribution is 0.0690. The van der Waals surface area contributed by atoms with E-state index < -0.39 is 5.97 Å². The van der Waals surface area contributed by atoms with Crippen molar-refractivity contribution in [1.29, 1.82) is 0 Å². The molecule has 1 aromatic rings. The molecule has 1 aliphatic rings. The van der Waals surface area contributed by atoms with Gasteiger partial charge in [-0.05, 0) is 24.7 Å². The van der Waals surface area contributed by atoms with Gasteiger partial charge in [0.1, 0.15) is 0 Å². The summed E-state index contributed by atoms with van der Waals surface area (Å²) in [7, 11) is 0. The molecule has 0 saturated heterocycles. The molecule has 0 radical (unpaired) electrons. The molecule has 1 heterocycles. The van der Waals surface area contributed by atoms with Gasteiger partial charge >= 0.3 is 5.97 Å². The molecule has 6 nitrogen and oxygen atoms in total. The average molecular weight is 252 g/mol. The maximum Gasteiger partial charge on any atom is 0.358 e. The first-order valence-electron chi connectivity index (χ1n) is 6.49. The molecule has 1 aliphatic carbocycles. The van der Waals surface area contributed by atoms with Crippen molar-refractivity contribution in [1.82, 2.24) is 20.3 Å². The van der Waals surface area contributed by atoms with Crippen molar-refractivity contribution < 1.29 is 9.90 Å². The Morgan fingerprint density at radius 3 is 2.94 bits per heavy atom. The van der Waals surface area contributed by atoms with Gasteiger partial charge < -0.3 is 10.4 Å². The van der Waals surface area contributed by atoms with Crippen molar-refractivity contribution in [2.75, 3.05) is 13.1 Å². The third-order valence-electron chi connectivity index (χ3n) is 3.51. The van der Waals surface area contributed by atoms with Crippen molar-refractivity contribution in [3.8, 4) is 0 Å². The molecular formula is C12H20N4O2. The van der Waals surface area contributed by atoms with Crippen LogP contribution in [0.25, 0.3) is 0 Å². The Morgan fingerprint density at radius 2 is 2.39 bits per heavy atom. The van der Waals surface area contributed by atoms with E-state index in [1.165, 1.54) is 31.9 Å². The fourth-order valence-electron chi connectivity index (χ4n) is 2.28. The molecule has 0 unspecified atom stereocenters. The second-order valence-corrected chi connectivity index (χ2v) is 5.10. The standard InChI is InChI=1S/C12H20N4O2/c1-2-3-12(4-5-12)9-13-6-7-16-8-10(11(17)18)14-15-16/h8,13H,2-7,9H2,1H3,(H,17,18). The van der Waals surface area contributed by atoms with Crippen LogP contribution < -0.4 is 5.32 Å². The minimum Gasteiger partial charge on any atom is -0.476 e. The van der Waals surface area contributed by atoms with E-state index in [1.54, 1.807) is 4.68 Å². The Hall–Kier alpha value is -1.43. The SMILES string of the molecule is CCCC1(CNCCn2cc(C(=O)O)nn2)CC1. The fourth-order valence-corrected chi connectivity index (χ4v) is 2.28. The molecule has 0 atom stereocenters. The van der Waals surface area contributed by atoms with Crippen molar-refractivity contribution in [2.45, 2.75) is 39.2 Å². The molecular weight excluding hydrogens is 232 g/mol. The van der Waals surface area contributed by atoms with E-state index in [-0.39, 0.29) is 5.69 Å². The normalized spacial score (nSPS) is 16.7. The van der Waals surface area contributed by atoms with Crippen LogP contribution in [0.2, 0.25) is 0 Å².